The van der Waals surface area contributed by atoms with Gasteiger partial charge < -0.3 is 11.1 Å². The lowest BCUT2D eigenvalue weighted by molar-refractivity contribution is -0.125. The summed E-state index contributed by atoms with van der Waals surface area (Å²) < 4.78 is 0. The number of carbonyl (C=O) groups excluding carboxylic acids is 2. The summed E-state index contributed by atoms with van der Waals surface area (Å²) in [6.07, 6.45) is 3.93. The molecule has 0 aromatic heterocycles. The fourth-order valence-corrected chi connectivity index (χ4v) is 4.06. The summed E-state index contributed by atoms with van der Waals surface area (Å²) in [4.78, 5) is 26.3. The third-order valence-electron chi connectivity index (χ3n) is 5.40. The van der Waals surface area contributed by atoms with Gasteiger partial charge in [0.25, 0.3) is 0 Å². The van der Waals surface area contributed by atoms with Gasteiger partial charge in [-0.2, -0.15) is 0 Å². The molecule has 26 heavy (non-hydrogen) atoms. The monoisotopic (exact) mass is 349 g/mol. The molecule has 1 aliphatic heterocycles. The highest BCUT2D eigenvalue weighted by Gasteiger charge is 2.31. The van der Waals surface area contributed by atoms with Gasteiger partial charge in [-0.3, -0.25) is 14.5 Å². The van der Waals surface area contributed by atoms with E-state index in [1.807, 2.05) is 35.2 Å². The molecule has 0 radical (unpaired) electrons. The van der Waals surface area contributed by atoms with Gasteiger partial charge in [-0.1, -0.05) is 30.3 Å². The molecule has 5 nitrogen and oxygen atoms in total. The van der Waals surface area contributed by atoms with E-state index in [-0.39, 0.29) is 18.4 Å². The van der Waals surface area contributed by atoms with Crippen LogP contribution in [-0.2, 0) is 35.4 Å². The van der Waals surface area contributed by atoms with Gasteiger partial charge in [0, 0.05) is 12.2 Å². The molecule has 0 saturated carbocycles. The maximum absolute atomic E-state index is 12.6. The molecule has 1 heterocycles. The Hall–Kier alpha value is -2.66. The van der Waals surface area contributed by atoms with Crippen molar-refractivity contribution in [1.29, 1.82) is 0 Å². The lowest BCUT2D eigenvalue weighted by Crippen LogP contribution is -2.50. The summed E-state index contributed by atoms with van der Waals surface area (Å²) in [7, 11) is 0. The number of rotatable bonds is 4. The number of primary amides is 1. The fraction of sp³-hybridized carbons (Fsp3) is 0.333. The predicted octanol–water partition coefficient (Wildman–Crippen LogP) is 2.03. The average molecular weight is 349 g/mol. The van der Waals surface area contributed by atoms with E-state index in [1.165, 1.54) is 17.5 Å². The van der Waals surface area contributed by atoms with Crippen LogP contribution in [0.2, 0.25) is 0 Å². The van der Waals surface area contributed by atoms with E-state index in [9.17, 15) is 9.59 Å². The van der Waals surface area contributed by atoms with Crippen molar-refractivity contribution in [2.75, 3.05) is 11.9 Å². The Kier molecular flexibility index (Phi) is 4.47. The number of nitrogens with two attached hydrogens (primary N) is 1. The van der Waals surface area contributed by atoms with Crippen LogP contribution in [0.1, 0.15) is 28.7 Å². The summed E-state index contributed by atoms with van der Waals surface area (Å²) in [5.74, 6) is -0.501. The van der Waals surface area contributed by atoms with Crippen molar-refractivity contribution in [1.82, 2.24) is 4.90 Å². The van der Waals surface area contributed by atoms with Gasteiger partial charge in [0.1, 0.15) is 0 Å². The predicted molar refractivity (Wildman–Crippen MR) is 101 cm³/mol. The van der Waals surface area contributed by atoms with Crippen LogP contribution in [-0.4, -0.2) is 29.3 Å². The molecule has 0 saturated heterocycles. The molecule has 0 unspecified atom stereocenters. The van der Waals surface area contributed by atoms with Crippen LogP contribution in [0.3, 0.4) is 0 Å². The summed E-state index contributed by atoms with van der Waals surface area (Å²) in [6.45, 7) is 0.709. The minimum Gasteiger partial charge on any atom is -0.368 e. The van der Waals surface area contributed by atoms with E-state index in [0.29, 0.717) is 13.0 Å². The number of nitrogens with zero attached hydrogens (tertiary/aromatic N) is 1. The van der Waals surface area contributed by atoms with Gasteiger partial charge >= 0.3 is 0 Å². The molecule has 0 spiro atoms. The molecule has 2 aromatic rings. The first kappa shape index (κ1) is 16.8. The number of anilines is 1. The van der Waals surface area contributed by atoms with Gasteiger partial charge in [-0.25, -0.2) is 0 Å². The Morgan fingerprint density at radius 1 is 1.04 bits per heavy atom. The maximum atomic E-state index is 12.6. The Labute approximate surface area is 153 Å². The highest BCUT2D eigenvalue weighted by molar-refractivity contribution is 5.93. The Balaban J connectivity index is 1.46. The van der Waals surface area contributed by atoms with Gasteiger partial charge in [0.15, 0.2) is 0 Å². The standard InChI is InChI=1S/C21H23N3O2/c22-21(26)19-11-16-4-1-2-5-17(16)12-24(19)13-20(25)23-18-9-8-14-6-3-7-15(14)10-18/h1-2,4-5,8-10,19H,3,6-7,11-13H2,(H2,22,26)(H,23,25)/t19-/m1/s1. The Bertz CT molecular complexity index is 862. The third-order valence-corrected chi connectivity index (χ3v) is 5.40. The van der Waals surface area contributed by atoms with Gasteiger partial charge in [0.05, 0.1) is 12.6 Å². The molecule has 0 bridgehead atoms. The fourth-order valence-electron chi connectivity index (χ4n) is 4.06. The van der Waals surface area contributed by atoms with E-state index in [4.69, 9.17) is 5.73 Å². The minimum atomic E-state index is -0.448. The molecule has 1 atom stereocenters. The maximum Gasteiger partial charge on any atom is 0.238 e. The van der Waals surface area contributed by atoms with E-state index in [1.54, 1.807) is 0 Å². The van der Waals surface area contributed by atoms with E-state index >= 15 is 0 Å². The number of fused-ring (bicyclic) bond motifs is 2. The summed E-state index contributed by atoms with van der Waals surface area (Å²) in [5.41, 5.74) is 11.4. The molecular formula is C21H23N3O2. The molecule has 2 amide bonds. The topological polar surface area (TPSA) is 75.4 Å². The third kappa shape index (κ3) is 3.35. The molecule has 2 aliphatic rings. The van der Waals surface area contributed by atoms with Crippen LogP contribution in [0.15, 0.2) is 42.5 Å². The van der Waals surface area contributed by atoms with Gasteiger partial charge in [0.2, 0.25) is 11.8 Å². The number of hydrogen-bond acceptors (Lipinski definition) is 3. The Morgan fingerprint density at radius 2 is 1.81 bits per heavy atom. The highest BCUT2D eigenvalue weighted by Crippen LogP contribution is 2.26. The average Bonchev–Trinajstić information content (AvgIpc) is 3.08. The second-order valence-electron chi connectivity index (χ2n) is 7.18. The van der Waals surface area contributed by atoms with E-state index in [0.717, 1.165) is 29.7 Å². The second-order valence-corrected chi connectivity index (χ2v) is 7.18. The molecule has 3 N–H and O–H groups in total. The van der Waals surface area contributed by atoms with Crippen molar-refractivity contribution in [2.45, 2.75) is 38.3 Å². The van der Waals surface area contributed by atoms with Gasteiger partial charge in [-0.15, -0.1) is 0 Å². The molecule has 1 aliphatic carbocycles. The van der Waals surface area contributed by atoms with Crippen LogP contribution in [0.4, 0.5) is 5.69 Å². The minimum absolute atomic E-state index is 0.117. The first-order valence-corrected chi connectivity index (χ1v) is 9.12. The summed E-state index contributed by atoms with van der Waals surface area (Å²) in [6, 6.07) is 13.7. The smallest absolute Gasteiger partial charge is 0.238 e. The zero-order chi connectivity index (χ0) is 18.1. The molecule has 134 valence electrons. The zero-order valence-electron chi connectivity index (χ0n) is 14.7. The largest absolute Gasteiger partial charge is 0.368 e. The molecule has 5 heteroatoms. The second kappa shape index (κ2) is 6.92. The molecule has 0 fully saturated rings. The lowest BCUT2D eigenvalue weighted by atomic mass is 9.93. The van der Waals surface area contributed by atoms with E-state index in [2.05, 4.69) is 17.4 Å². The highest BCUT2D eigenvalue weighted by atomic mass is 16.2. The van der Waals surface area contributed by atoms with Crippen molar-refractivity contribution in [3.8, 4) is 0 Å². The molecule has 4 rings (SSSR count). The van der Waals surface area contributed by atoms with Crippen LogP contribution in [0.25, 0.3) is 0 Å². The first-order chi connectivity index (χ1) is 12.6. The number of amides is 2. The van der Waals surface area contributed by atoms with Crippen LogP contribution in [0.5, 0.6) is 0 Å². The van der Waals surface area contributed by atoms with Gasteiger partial charge in [-0.05, 0) is 60.1 Å². The van der Waals surface area contributed by atoms with Crippen LogP contribution < -0.4 is 11.1 Å². The quantitative estimate of drug-likeness (QED) is 0.887. The first-order valence-electron chi connectivity index (χ1n) is 9.12. The van der Waals surface area contributed by atoms with Crippen molar-refractivity contribution in [3.63, 3.8) is 0 Å². The van der Waals surface area contributed by atoms with Crippen molar-refractivity contribution in [2.24, 2.45) is 5.73 Å². The van der Waals surface area contributed by atoms with Crippen LogP contribution >= 0.6 is 0 Å². The molecule has 2 aromatic carbocycles. The van der Waals surface area contributed by atoms with E-state index < -0.39 is 6.04 Å². The van der Waals surface area contributed by atoms with Crippen molar-refractivity contribution in [3.05, 3.63) is 64.7 Å². The number of carbonyl (C=O) groups is 2. The normalized spacial score (nSPS) is 18.8. The number of aryl methyl sites for hydroxylation is 2. The van der Waals surface area contributed by atoms with Crippen molar-refractivity contribution >= 4 is 17.5 Å². The Morgan fingerprint density at radius 3 is 2.62 bits per heavy atom. The summed E-state index contributed by atoms with van der Waals surface area (Å²) in [5, 5.41) is 2.97. The number of hydrogen-bond donors (Lipinski definition) is 2. The SMILES string of the molecule is NC(=O)[C@H]1Cc2ccccc2CN1CC(=O)Nc1ccc2c(c1)CCC2. The lowest BCUT2D eigenvalue weighted by Gasteiger charge is -2.34. The summed E-state index contributed by atoms with van der Waals surface area (Å²) >= 11 is 0. The molecular weight excluding hydrogens is 326 g/mol. The van der Waals surface area contributed by atoms with Crippen LogP contribution in [0, 0.1) is 0 Å². The number of nitrogens with one attached hydrogen (secondary N) is 1. The number of benzene rings is 2. The van der Waals surface area contributed by atoms with Crippen molar-refractivity contribution < 1.29 is 9.59 Å². The zero-order valence-corrected chi connectivity index (χ0v) is 14.7.